The fraction of sp³-hybridized carbons (Fsp3) is 1.00. The van der Waals surface area contributed by atoms with E-state index < -0.39 is 0 Å². The lowest BCUT2D eigenvalue weighted by Gasteiger charge is -2.24. The summed E-state index contributed by atoms with van der Waals surface area (Å²) >= 11 is 0. The lowest BCUT2D eigenvalue weighted by atomic mass is 10.3. The maximum atomic E-state index is 5.73. The molecule has 0 aromatic heterocycles. The van der Waals surface area contributed by atoms with Gasteiger partial charge in [-0.3, -0.25) is 4.90 Å². The summed E-state index contributed by atoms with van der Waals surface area (Å²) in [6, 6.07) is 0. The lowest BCUT2D eigenvalue weighted by molar-refractivity contribution is 0.213. The van der Waals surface area contributed by atoms with Crippen LogP contribution in [0.15, 0.2) is 0 Å². The van der Waals surface area contributed by atoms with Crippen molar-refractivity contribution >= 4 is 0 Å². The molecule has 1 atom stereocenters. The Morgan fingerprint density at radius 1 is 1.20 bits per heavy atom. The van der Waals surface area contributed by atoms with Gasteiger partial charge in [-0.1, -0.05) is 13.8 Å². The number of hydrogen-bond acceptors (Lipinski definition) is 2. The second-order valence-corrected chi connectivity index (χ2v) is 2.78. The van der Waals surface area contributed by atoms with Crippen molar-refractivity contribution in [1.82, 2.24) is 4.90 Å². The van der Waals surface area contributed by atoms with Crippen LogP contribution in [0.5, 0.6) is 0 Å². The largest absolute Gasteiger partial charge is 0.316 e. The first kappa shape index (κ1) is 9.92. The van der Waals surface area contributed by atoms with Gasteiger partial charge in [-0.25, -0.2) is 0 Å². The fourth-order valence-electron chi connectivity index (χ4n) is 1.09. The molecule has 0 bridgehead atoms. The highest BCUT2D eigenvalue weighted by Gasteiger charge is 2.05. The minimum Gasteiger partial charge on any atom is -0.316 e. The molecular weight excluding hydrogens is 124 g/mol. The predicted molar refractivity (Wildman–Crippen MR) is 45.8 cm³/mol. The molecule has 0 aromatic carbocycles. The molecule has 0 aliphatic heterocycles. The Morgan fingerprint density at radius 2 is 1.60 bits per heavy atom. The summed E-state index contributed by atoms with van der Waals surface area (Å²) in [5.74, 6) is 0. The summed E-state index contributed by atoms with van der Waals surface area (Å²) in [5.41, 5.74) is 5.73. The van der Waals surface area contributed by atoms with E-state index in [-0.39, 0.29) is 6.17 Å². The highest BCUT2D eigenvalue weighted by Crippen LogP contribution is 1.96. The molecule has 0 radical (unpaired) electrons. The first-order valence-electron chi connectivity index (χ1n) is 4.22. The molecule has 2 heteroatoms. The molecule has 2 nitrogen and oxygen atoms in total. The monoisotopic (exact) mass is 144 g/mol. The van der Waals surface area contributed by atoms with Crippen LogP contribution in [0, 0.1) is 0 Å². The van der Waals surface area contributed by atoms with Crippen molar-refractivity contribution in [1.29, 1.82) is 0 Å². The van der Waals surface area contributed by atoms with Crippen LogP contribution in [-0.2, 0) is 0 Å². The number of hydrogen-bond donors (Lipinski definition) is 1. The smallest absolute Gasteiger partial charge is 0.0542 e. The van der Waals surface area contributed by atoms with Crippen LogP contribution in [0.25, 0.3) is 0 Å². The van der Waals surface area contributed by atoms with E-state index in [1.165, 1.54) is 12.8 Å². The van der Waals surface area contributed by atoms with Crippen LogP contribution in [0.1, 0.15) is 33.6 Å². The highest BCUT2D eigenvalue weighted by atomic mass is 15.2. The zero-order valence-electron chi connectivity index (χ0n) is 7.43. The van der Waals surface area contributed by atoms with Gasteiger partial charge in [0.05, 0.1) is 6.17 Å². The topological polar surface area (TPSA) is 29.3 Å². The van der Waals surface area contributed by atoms with Crippen LogP contribution in [-0.4, -0.2) is 24.2 Å². The molecule has 0 aliphatic carbocycles. The molecule has 0 spiro atoms. The van der Waals surface area contributed by atoms with Crippen molar-refractivity contribution < 1.29 is 0 Å². The Kier molecular flexibility index (Phi) is 5.64. The van der Waals surface area contributed by atoms with Gasteiger partial charge in [0.25, 0.3) is 0 Å². The molecule has 0 saturated carbocycles. The lowest BCUT2D eigenvalue weighted by Crippen LogP contribution is -2.40. The second-order valence-electron chi connectivity index (χ2n) is 2.78. The van der Waals surface area contributed by atoms with Gasteiger partial charge in [-0.15, -0.1) is 0 Å². The van der Waals surface area contributed by atoms with Gasteiger partial charge in [0.15, 0.2) is 0 Å². The van der Waals surface area contributed by atoms with Gasteiger partial charge in [0.1, 0.15) is 0 Å². The van der Waals surface area contributed by atoms with E-state index in [0.29, 0.717) is 0 Å². The first-order chi connectivity index (χ1) is 4.72. The highest BCUT2D eigenvalue weighted by molar-refractivity contribution is 4.58. The van der Waals surface area contributed by atoms with Crippen molar-refractivity contribution in [3.05, 3.63) is 0 Å². The summed E-state index contributed by atoms with van der Waals surface area (Å²) in [6.45, 7) is 8.68. The molecule has 2 N–H and O–H groups in total. The molecule has 0 rings (SSSR count). The maximum Gasteiger partial charge on any atom is 0.0542 e. The fourth-order valence-corrected chi connectivity index (χ4v) is 1.09. The zero-order valence-corrected chi connectivity index (χ0v) is 7.43. The Labute approximate surface area is 64.4 Å². The van der Waals surface area contributed by atoms with E-state index in [9.17, 15) is 0 Å². The number of nitrogens with zero attached hydrogens (tertiary/aromatic N) is 1. The molecule has 10 heavy (non-hydrogen) atoms. The summed E-state index contributed by atoms with van der Waals surface area (Å²) in [5, 5.41) is 0. The van der Waals surface area contributed by atoms with Crippen molar-refractivity contribution in [3.8, 4) is 0 Å². The zero-order chi connectivity index (χ0) is 7.98. The van der Waals surface area contributed by atoms with Crippen molar-refractivity contribution in [2.45, 2.75) is 39.8 Å². The quantitative estimate of drug-likeness (QED) is 0.591. The first-order valence-corrected chi connectivity index (χ1v) is 4.22. The van der Waals surface area contributed by atoms with E-state index in [0.717, 1.165) is 13.1 Å². The summed E-state index contributed by atoms with van der Waals surface area (Å²) in [4.78, 5) is 2.31. The van der Waals surface area contributed by atoms with Crippen LogP contribution in [0.4, 0.5) is 0 Å². The molecule has 62 valence electrons. The van der Waals surface area contributed by atoms with Crippen LogP contribution in [0.2, 0.25) is 0 Å². The van der Waals surface area contributed by atoms with Crippen molar-refractivity contribution in [3.63, 3.8) is 0 Å². The van der Waals surface area contributed by atoms with Crippen molar-refractivity contribution in [2.75, 3.05) is 13.1 Å². The molecule has 0 heterocycles. The normalized spacial score (nSPS) is 14.1. The second kappa shape index (κ2) is 5.69. The Bertz CT molecular complexity index is 65.7. The number of rotatable bonds is 5. The van der Waals surface area contributed by atoms with Crippen LogP contribution in [0.3, 0.4) is 0 Å². The minimum atomic E-state index is 0.222. The number of nitrogens with two attached hydrogens (primary N) is 1. The predicted octanol–water partition coefficient (Wildman–Crippen LogP) is 1.41. The third-order valence-corrected chi connectivity index (χ3v) is 1.60. The van der Waals surface area contributed by atoms with E-state index in [1.54, 1.807) is 0 Å². The van der Waals surface area contributed by atoms with Crippen LogP contribution < -0.4 is 5.73 Å². The van der Waals surface area contributed by atoms with Gasteiger partial charge in [-0.05, 0) is 32.9 Å². The molecular formula is C8H20N2. The molecule has 0 aromatic rings. The standard InChI is InChI=1S/C8H20N2/c1-4-6-10(7-5-2)8(3)9/h8H,4-7,9H2,1-3H3. The average Bonchev–Trinajstić information content (AvgIpc) is 1.87. The summed E-state index contributed by atoms with van der Waals surface area (Å²) in [7, 11) is 0. The van der Waals surface area contributed by atoms with Gasteiger partial charge in [0.2, 0.25) is 0 Å². The molecule has 0 fully saturated rings. The summed E-state index contributed by atoms with van der Waals surface area (Å²) in [6.07, 6.45) is 2.61. The molecule has 0 amide bonds. The van der Waals surface area contributed by atoms with Gasteiger partial charge in [-0.2, -0.15) is 0 Å². The minimum absolute atomic E-state index is 0.222. The maximum absolute atomic E-state index is 5.73. The van der Waals surface area contributed by atoms with E-state index in [2.05, 4.69) is 18.7 Å². The summed E-state index contributed by atoms with van der Waals surface area (Å²) < 4.78 is 0. The SMILES string of the molecule is CCCN(CCC)C(C)N. The van der Waals surface area contributed by atoms with E-state index in [1.807, 2.05) is 6.92 Å². The molecule has 1 unspecified atom stereocenters. The van der Waals surface area contributed by atoms with Crippen LogP contribution >= 0.6 is 0 Å². The third-order valence-electron chi connectivity index (χ3n) is 1.60. The van der Waals surface area contributed by atoms with E-state index in [4.69, 9.17) is 5.73 Å². The van der Waals surface area contributed by atoms with Gasteiger partial charge >= 0.3 is 0 Å². The van der Waals surface area contributed by atoms with E-state index >= 15 is 0 Å². The Hall–Kier alpha value is -0.0800. The Morgan fingerprint density at radius 3 is 1.80 bits per heavy atom. The Balaban J connectivity index is 3.50. The third kappa shape index (κ3) is 3.85. The van der Waals surface area contributed by atoms with Gasteiger partial charge in [0, 0.05) is 0 Å². The molecule has 0 saturated heterocycles. The molecule has 0 aliphatic rings. The van der Waals surface area contributed by atoms with Gasteiger partial charge < -0.3 is 5.73 Å². The van der Waals surface area contributed by atoms with Crippen molar-refractivity contribution in [2.24, 2.45) is 5.73 Å². The average molecular weight is 144 g/mol.